The number of amides is 6. The van der Waals surface area contributed by atoms with Gasteiger partial charge in [-0.05, 0) is 57.1 Å². The van der Waals surface area contributed by atoms with E-state index in [1.807, 2.05) is 18.2 Å². The van der Waals surface area contributed by atoms with Crippen molar-refractivity contribution in [3.63, 3.8) is 0 Å². The summed E-state index contributed by atoms with van der Waals surface area (Å²) in [5.41, 5.74) is 0.646. The Labute approximate surface area is 261 Å². The van der Waals surface area contributed by atoms with E-state index in [2.05, 4.69) is 21.0 Å². The summed E-state index contributed by atoms with van der Waals surface area (Å²) in [4.78, 5) is 69.0. The molecule has 0 bridgehead atoms. The number of para-hydroxylation sites is 1. The lowest BCUT2D eigenvalue weighted by Crippen LogP contribution is -2.54. The van der Waals surface area contributed by atoms with Gasteiger partial charge in [0.2, 0.25) is 17.7 Å². The van der Waals surface area contributed by atoms with Gasteiger partial charge >= 0.3 is 6.03 Å². The van der Waals surface area contributed by atoms with E-state index in [-0.39, 0.29) is 60.6 Å². The summed E-state index contributed by atoms with van der Waals surface area (Å²) in [6.45, 7) is 1.58. The van der Waals surface area contributed by atoms with Gasteiger partial charge in [0.25, 0.3) is 11.8 Å². The maximum absolute atomic E-state index is 13.2. The van der Waals surface area contributed by atoms with Crippen molar-refractivity contribution < 1.29 is 28.7 Å². The lowest BCUT2D eigenvalue weighted by molar-refractivity contribution is -0.140. The molecule has 1 aromatic heterocycles. The van der Waals surface area contributed by atoms with Crippen molar-refractivity contribution in [1.82, 2.24) is 40.4 Å². The number of piperazine rings is 1. The van der Waals surface area contributed by atoms with Crippen molar-refractivity contribution >= 4 is 29.7 Å². The monoisotopic (exact) mass is 620 g/mol. The number of carbonyl (C=O) groups is 5. The molecular formula is C31H40N8O6. The smallest absolute Gasteiger partial charge is 0.317 e. The molecule has 1 aromatic carbocycles. The molecule has 14 nitrogen and oxygen atoms in total. The highest BCUT2D eigenvalue weighted by Crippen LogP contribution is 2.24. The Kier molecular flexibility index (Phi) is 9.17. The van der Waals surface area contributed by atoms with E-state index in [1.165, 1.54) is 10.7 Å². The van der Waals surface area contributed by atoms with Crippen LogP contribution in [0.25, 0.3) is 5.69 Å². The van der Waals surface area contributed by atoms with Crippen LogP contribution in [0.2, 0.25) is 0 Å². The van der Waals surface area contributed by atoms with Gasteiger partial charge in [-0.3, -0.25) is 19.2 Å². The van der Waals surface area contributed by atoms with Gasteiger partial charge in [-0.15, -0.1) is 0 Å². The molecule has 6 amide bonds. The van der Waals surface area contributed by atoms with E-state index >= 15 is 0 Å². The number of urea groups is 1. The molecular weight excluding hydrogens is 580 g/mol. The van der Waals surface area contributed by atoms with Crippen molar-refractivity contribution in [3.05, 3.63) is 42.1 Å². The first-order valence-electron chi connectivity index (χ1n) is 15.9. The van der Waals surface area contributed by atoms with Crippen LogP contribution in [0.5, 0.6) is 5.88 Å². The van der Waals surface area contributed by atoms with Crippen LogP contribution in [0.1, 0.15) is 55.4 Å². The molecule has 1 atom stereocenters. The average Bonchev–Trinajstić information content (AvgIpc) is 3.53. The zero-order valence-corrected chi connectivity index (χ0v) is 25.3. The fourth-order valence-corrected chi connectivity index (χ4v) is 5.75. The highest BCUT2D eigenvalue weighted by atomic mass is 16.5. The topological polar surface area (TPSA) is 158 Å². The Morgan fingerprint density at radius 3 is 2.20 bits per heavy atom. The van der Waals surface area contributed by atoms with Crippen LogP contribution < -0.4 is 20.7 Å². The first-order valence-corrected chi connectivity index (χ1v) is 15.9. The normalized spacial score (nSPS) is 19.9. The van der Waals surface area contributed by atoms with Crippen molar-refractivity contribution in [2.75, 3.05) is 45.9 Å². The van der Waals surface area contributed by atoms with Crippen molar-refractivity contribution in [2.24, 2.45) is 0 Å². The van der Waals surface area contributed by atoms with Gasteiger partial charge in [-0.25, -0.2) is 9.48 Å². The van der Waals surface area contributed by atoms with E-state index < -0.39 is 11.9 Å². The molecule has 2 aliphatic carbocycles. The van der Waals surface area contributed by atoms with Crippen LogP contribution in [0.15, 0.2) is 36.4 Å². The second-order valence-electron chi connectivity index (χ2n) is 12.1. The Morgan fingerprint density at radius 1 is 0.800 bits per heavy atom. The molecule has 0 spiro atoms. The summed E-state index contributed by atoms with van der Waals surface area (Å²) >= 11 is 0. The summed E-state index contributed by atoms with van der Waals surface area (Å²) in [6, 6.07) is 10.4. The van der Waals surface area contributed by atoms with Gasteiger partial charge in [-0.2, -0.15) is 5.10 Å². The molecule has 3 N–H and O–H groups in total. The number of hydrogen-bond acceptors (Lipinski definition) is 7. The fraction of sp³-hybridized carbons (Fsp3) is 0.548. The zero-order chi connectivity index (χ0) is 31.3. The summed E-state index contributed by atoms with van der Waals surface area (Å²) in [7, 11) is 0. The van der Waals surface area contributed by atoms with Gasteiger partial charge in [0.15, 0.2) is 12.3 Å². The third-order valence-corrected chi connectivity index (χ3v) is 8.81. The van der Waals surface area contributed by atoms with Crippen LogP contribution >= 0.6 is 0 Å². The van der Waals surface area contributed by atoms with Crippen LogP contribution in [-0.4, -0.2) is 118 Å². The number of likely N-dealkylation sites (tertiary alicyclic amines) is 1. The Hall–Kier alpha value is -4.62. The Morgan fingerprint density at radius 2 is 1.51 bits per heavy atom. The number of hydrogen-bond donors (Lipinski definition) is 3. The van der Waals surface area contributed by atoms with Crippen LogP contribution in [0.4, 0.5) is 4.79 Å². The zero-order valence-electron chi connectivity index (χ0n) is 25.3. The quantitative estimate of drug-likeness (QED) is 0.352. The molecule has 2 aromatic rings. The van der Waals surface area contributed by atoms with Crippen LogP contribution in [0.3, 0.4) is 0 Å². The molecule has 2 saturated carbocycles. The third-order valence-electron chi connectivity index (χ3n) is 8.81. The predicted octanol–water partition coefficient (Wildman–Crippen LogP) is 0.657. The number of benzene rings is 1. The van der Waals surface area contributed by atoms with Gasteiger partial charge in [-0.1, -0.05) is 18.2 Å². The van der Waals surface area contributed by atoms with E-state index in [0.717, 1.165) is 38.5 Å². The SMILES string of the molecule is O=C(NCC(=O)N1CCN(C(=O)NC2CC2)CC1)c1cc(OCC(=O)N2CCC[C@H]2C(=O)NC2CCC2)n(-c2ccccc2)n1. The number of nitrogens with one attached hydrogen (secondary N) is 3. The van der Waals surface area contributed by atoms with Gasteiger partial charge in [0.1, 0.15) is 6.04 Å². The third kappa shape index (κ3) is 7.37. The second-order valence-corrected chi connectivity index (χ2v) is 12.1. The minimum absolute atomic E-state index is 0.0228. The van der Waals surface area contributed by atoms with Crippen molar-refractivity contribution in [3.8, 4) is 11.6 Å². The first kappa shape index (κ1) is 30.4. The molecule has 45 heavy (non-hydrogen) atoms. The Balaban J connectivity index is 1.04. The summed E-state index contributed by atoms with van der Waals surface area (Å²) < 4.78 is 7.33. The van der Waals surface area contributed by atoms with E-state index in [0.29, 0.717) is 44.8 Å². The highest BCUT2D eigenvalue weighted by Gasteiger charge is 2.36. The number of ether oxygens (including phenoxy) is 1. The van der Waals surface area contributed by atoms with Crippen LogP contribution in [-0.2, 0) is 14.4 Å². The fourth-order valence-electron chi connectivity index (χ4n) is 5.75. The van der Waals surface area contributed by atoms with Gasteiger partial charge in [0, 0.05) is 50.9 Å². The number of aromatic nitrogens is 2. The molecule has 6 rings (SSSR count). The molecule has 240 valence electrons. The number of carbonyl (C=O) groups excluding carboxylic acids is 5. The maximum atomic E-state index is 13.2. The van der Waals surface area contributed by atoms with Gasteiger partial charge in [0.05, 0.1) is 12.2 Å². The largest absolute Gasteiger partial charge is 0.467 e. The van der Waals surface area contributed by atoms with Crippen molar-refractivity contribution in [2.45, 2.75) is 63.1 Å². The number of rotatable bonds is 10. The molecule has 0 radical (unpaired) electrons. The summed E-state index contributed by atoms with van der Waals surface area (Å²) in [5, 5.41) is 13.0. The van der Waals surface area contributed by atoms with E-state index in [1.54, 1.807) is 26.8 Å². The van der Waals surface area contributed by atoms with Gasteiger partial charge < -0.3 is 35.4 Å². The maximum Gasteiger partial charge on any atom is 0.317 e. The highest BCUT2D eigenvalue weighted by molar-refractivity contribution is 5.95. The predicted molar refractivity (Wildman–Crippen MR) is 162 cm³/mol. The molecule has 0 unspecified atom stereocenters. The molecule has 2 saturated heterocycles. The molecule has 4 aliphatic rings. The van der Waals surface area contributed by atoms with Crippen LogP contribution in [0, 0.1) is 0 Å². The van der Waals surface area contributed by atoms with E-state index in [4.69, 9.17) is 4.74 Å². The summed E-state index contributed by atoms with van der Waals surface area (Å²) in [5.74, 6) is -1.07. The second kappa shape index (κ2) is 13.6. The molecule has 2 aliphatic heterocycles. The molecule has 4 fully saturated rings. The van der Waals surface area contributed by atoms with E-state index in [9.17, 15) is 24.0 Å². The first-order chi connectivity index (χ1) is 21.9. The summed E-state index contributed by atoms with van der Waals surface area (Å²) in [6.07, 6.45) is 6.43. The minimum Gasteiger partial charge on any atom is -0.467 e. The Bertz CT molecular complexity index is 1410. The molecule has 3 heterocycles. The average molecular weight is 621 g/mol. The lowest BCUT2D eigenvalue weighted by atomic mass is 9.93. The lowest BCUT2D eigenvalue weighted by Gasteiger charge is -2.34. The standard InChI is InChI=1S/C31H40N8O6/c40-26(36-14-16-37(17-15-36)31(44)34-22-11-12-22)19-32-29(42)24-18-28(39(35-24)23-8-2-1-3-9-23)45-20-27(41)38-13-5-10-25(38)30(43)33-21-6-4-7-21/h1-3,8-9,18,21-22,25H,4-7,10-17,19-20H2,(H,32,42)(H,33,43)(H,34,44)/t25-/m0/s1. The number of nitrogens with zero attached hydrogens (tertiary/aromatic N) is 5. The molecule has 14 heteroatoms. The van der Waals surface area contributed by atoms with Crippen molar-refractivity contribution in [1.29, 1.82) is 0 Å². The minimum atomic E-state index is -0.566.